The van der Waals surface area contributed by atoms with E-state index in [-0.39, 0.29) is 49.9 Å². The highest BCUT2D eigenvalue weighted by atomic mass is 19.1. The highest BCUT2D eigenvalue weighted by Gasteiger charge is 2.36. The van der Waals surface area contributed by atoms with Gasteiger partial charge in [-0.1, -0.05) is 12.6 Å². The SMILES string of the molecule is C=C(F)C(=O)N1CCN(c2nc(NCCC(=O)N(C)C)nc3c2OCC(c2c(C)ccc4[nH]ncc24)O3)[C@@H](C)C1. The van der Waals surface area contributed by atoms with Crippen LogP contribution in [0.2, 0.25) is 0 Å². The average Bonchev–Trinajstić information content (AvgIpc) is 3.40. The molecule has 2 atom stereocenters. The van der Waals surface area contributed by atoms with Crippen LogP contribution in [0.3, 0.4) is 0 Å². The number of fused-ring (bicyclic) bond motifs is 2. The third kappa shape index (κ3) is 5.23. The second-order valence-electron chi connectivity index (χ2n) is 10.2. The van der Waals surface area contributed by atoms with Gasteiger partial charge in [0.15, 0.2) is 17.7 Å². The molecule has 1 fully saturated rings. The Balaban J connectivity index is 1.46. The van der Waals surface area contributed by atoms with Gasteiger partial charge >= 0.3 is 0 Å². The van der Waals surface area contributed by atoms with Crippen LogP contribution in [0.15, 0.2) is 30.7 Å². The van der Waals surface area contributed by atoms with Gasteiger partial charge in [-0.15, -0.1) is 0 Å². The third-order valence-corrected chi connectivity index (χ3v) is 7.19. The second kappa shape index (κ2) is 11.0. The molecule has 4 heterocycles. The first-order valence-electron chi connectivity index (χ1n) is 13.1. The number of benzene rings is 1. The molecule has 3 aromatic rings. The van der Waals surface area contributed by atoms with Crippen LogP contribution < -0.4 is 19.7 Å². The van der Waals surface area contributed by atoms with Crippen LogP contribution in [0.25, 0.3) is 10.9 Å². The minimum absolute atomic E-state index is 0.0297. The summed E-state index contributed by atoms with van der Waals surface area (Å²) in [5.74, 6) is -0.277. The van der Waals surface area contributed by atoms with Crippen molar-refractivity contribution in [1.29, 1.82) is 0 Å². The number of piperazine rings is 1. The topological polar surface area (TPSA) is 129 Å². The Morgan fingerprint density at radius 3 is 2.80 bits per heavy atom. The molecule has 0 bridgehead atoms. The second-order valence-corrected chi connectivity index (χ2v) is 10.2. The van der Waals surface area contributed by atoms with Crippen molar-refractivity contribution >= 4 is 34.5 Å². The maximum Gasteiger partial charge on any atom is 0.282 e. The number of halogens is 1. The summed E-state index contributed by atoms with van der Waals surface area (Å²) in [7, 11) is 3.40. The van der Waals surface area contributed by atoms with Crippen molar-refractivity contribution < 1.29 is 23.5 Å². The lowest BCUT2D eigenvalue weighted by molar-refractivity contribution is -0.129. The predicted octanol–water partition coefficient (Wildman–Crippen LogP) is 2.58. The van der Waals surface area contributed by atoms with E-state index in [9.17, 15) is 14.0 Å². The van der Waals surface area contributed by atoms with Crippen LogP contribution in [0.5, 0.6) is 11.6 Å². The minimum Gasteiger partial charge on any atom is -0.481 e. The Morgan fingerprint density at radius 2 is 2.08 bits per heavy atom. The standard InChI is InChI=1S/C27H33FN8O4/c1-15-6-7-19-18(12-30-33-19)22(15)20-14-39-23-24(36-11-10-35(13-16(36)2)26(38)17(3)28)31-27(32-25(23)40-20)29-9-8-21(37)34(4)5/h6-7,12,16,20H,3,8-11,13-14H2,1-2,4-5H3,(H,30,33)(H,29,31,32)/t16-,20?/m0/s1. The first kappa shape index (κ1) is 27.2. The molecule has 5 rings (SSSR count). The van der Waals surface area contributed by atoms with E-state index in [0.717, 1.165) is 22.0 Å². The summed E-state index contributed by atoms with van der Waals surface area (Å²) in [5.41, 5.74) is 2.88. The summed E-state index contributed by atoms with van der Waals surface area (Å²) in [6.07, 6.45) is 1.59. The Morgan fingerprint density at radius 1 is 1.27 bits per heavy atom. The summed E-state index contributed by atoms with van der Waals surface area (Å²) in [6, 6.07) is 3.77. The summed E-state index contributed by atoms with van der Waals surface area (Å²) < 4.78 is 26.2. The van der Waals surface area contributed by atoms with Crippen molar-refractivity contribution in [1.82, 2.24) is 30.0 Å². The number of nitrogens with one attached hydrogen (secondary N) is 2. The maximum absolute atomic E-state index is 13.5. The molecule has 212 valence electrons. The lowest BCUT2D eigenvalue weighted by Crippen LogP contribution is -2.54. The fourth-order valence-corrected chi connectivity index (χ4v) is 5.08. The lowest BCUT2D eigenvalue weighted by atomic mass is 9.99. The molecule has 1 unspecified atom stereocenters. The number of hydrogen-bond acceptors (Lipinski definition) is 9. The molecule has 0 saturated carbocycles. The van der Waals surface area contributed by atoms with Gasteiger partial charge in [0, 0.05) is 63.7 Å². The molecule has 12 nitrogen and oxygen atoms in total. The molecule has 1 aromatic carbocycles. The number of H-pyrrole nitrogens is 1. The largest absolute Gasteiger partial charge is 0.481 e. The van der Waals surface area contributed by atoms with Gasteiger partial charge in [-0.25, -0.2) is 4.39 Å². The fourth-order valence-electron chi connectivity index (χ4n) is 5.08. The molecule has 2 aromatic heterocycles. The smallest absolute Gasteiger partial charge is 0.282 e. The van der Waals surface area contributed by atoms with Crippen LogP contribution in [-0.2, 0) is 9.59 Å². The highest BCUT2D eigenvalue weighted by molar-refractivity contribution is 5.90. The number of nitrogens with zero attached hydrogens (tertiary/aromatic N) is 6. The monoisotopic (exact) mass is 552 g/mol. The van der Waals surface area contributed by atoms with Gasteiger partial charge in [0.25, 0.3) is 11.8 Å². The zero-order valence-corrected chi connectivity index (χ0v) is 23.0. The number of carbonyl (C=O) groups is 2. The molecule has 0 spiro atoms. The normalized spacial score (nSPS) is 18.5. The van der Waals surface area contributed by atoms with Gasteiger partial charge < -0.3 is 29.5 Å². The van der Waals surface area contributed by atoms with Gasteiger partial charge in [-0.2, -0.15) is 15.1 Å². The average molecular weight is 553 g/mol. The molecule has 0 radical (unpaired) electrons. The van der Waals surface area contributed by atoms with Crippen LogP contribution in [-0.4, -0.2) is 94.7 Å². The van der Waals surface area contributed by atoms with Crippen molar-refractivity contribution in [3.05, 3.63) is 41.9 Å². The van der Waals surface area contributed by atoms with Gasteiger partial charge in [0.1, 0.15) is 6.61 Å². The first-order chi connectivity index (χ1) is 19.1. The van der Waals surface area contributed by atoms with Gasteiger partial charge in [-0.05, 0) is 25.5 Å². The molecule has 40 heavy (non-hydrogen) atoms. The third-order valence-electron chi connectivity index (χ3n) is 7.19. The molecule has 1 saturated heterocycles. The van der Waals surface area contributed by atoms with E-state index in [1.165, 1.54) is 9.80 Å². The Bertz CT molecular complexity index is 1460. The quantitative estimate of drug-likeness (QED) is 0.425. The number of ether oxygens (including phenoxy) is 2. The molecule has 2 amide bonds. The van der Waals surface area contributed by atoms with Crippen molar-refractivity contribution in [3.8, 4) is 11.6 Å². The number of aromatic nitrogens is 4. The van der Waals surface area contributed by atoms with Crippen molar-refractivity contribution in [2.24, 2.45) is 0 Å². The Kier molecular flexibility index (Phi) is 7.46. The minimum atomic E-state index is -0.982. The van der Waals surface area contributed by atoms with Crippen LogP contribution in [0.4, 0.5) is 16.2 Å². The number of hydrogen-bond donors (Lipinski definition) is 2. The molecule has 0 aliphatic carbocycles. The van der Waals surface area contributed by atoms with Crippen LogP contribution in [0.1, 0.15) is 30.6 Å². The molecular weight excluding hydrogens is 519 g/mol. The zero-order valence-electron chi connectivity index (χ0n) is 23.0. The highest BCUT2D eigenvalue weighted by Crippen LogP contribution is 2.44. The number of carbonyl (C=O) groups excluding carboxylic acids is 2. The molecular formula is C27H33FN8O4. The lowest BCUT2D eigenvalue weighted by Gasteiger charge is -2.41. The molecule has 2 aliphatic heterocycles. The predicted molar refractivity (Wildman–Crippen MR) is 147 cm³/mol. The Labute approximate surface area is 231 Å². The van der Waals surface area contributed by atoms with E-state index in [2.05, 4.69) is 27.1 Å². The number of aryl methyl sites for hydroxylation is 1. The van der Waals surface area contributed by atoms with E-state index < -0.39 is 17.8 Å². The van der Waals surface area contributed by atoms with Gasteiger partial charge in [-0.3, -0.25) is 14.7 Å². The number of rotatable bonds is 7. The fraction of sp³-hybridized carbons (Fsp3) is 0.444. The van der Waals surface area contributed by atoms with E-state index in [4.69, 9.17) is 14.5 Å². The summed E-state index contributed by atoms with van der Waals surface area (Å²) in [5, 5.41) is 11.2. The van der Waals surface area contributed by atoms with E-state index in [1.54, 1.807) is 20.3 Å². The summed E-state index contributed by atoms with van der Waals surface area (Å²) >= 11 is 0. The summed E-state index contributed by atoms with van der Waals surface area (Å²) in [4.78, 5) is 38.6. The van der Waals surface area contributed by atoms with Gasteiger partial charge in [0.05, 0.1) is 11.7 Å². The molecule has 2 N–H and O–H groups in total. The van der Waals surface area contributed by atoms with E-state index in [0.29, 0.717) is 24.7 Å². The van der Waals surface area contributed by atoms with Gasteiger partial charge in [0.2, 0.25) is 17.6 Å². The van der Waals surface area contributed by atoms with Crippen molar-refractivity contribution in [2.75, 3.05) is 57.1 Å². The molecule has 13 heteroatoms. The number of amides is 2. The number of aromatic amines is 1. The number of anilines is 2. The summed E-state index contributed by atoms with van der Waals surface area (Å²) in [6.45, 7) is 8.59. The van der Waals surface area contributed by atoms with E-state index >= 15 is 0 Å². The molecule has 2 aliphatic rings. The van der Waals surface area contributed by atoms with Crippen LogP contribution >= 0.6 is 0 Å². The zero-order chi connectivity index (χ0) is 28.6. The Hall–Kier alpha value is -4.42. The maximum atomic E-state index is 13.5. The van der Waals surface area contributed by atoms with E-state index in [1.807, 2.05) is 30.9 Å². The first-order valence-corrected chi connectivity index (χ1v) is 13.1. The van der Waals surface area contributed by atoms with Crippen molar-refractivity contribution in [2.45, 2.75) is 32.4 Å². The van der Waals surface area contributed by atoms with Crippen LogP contribution in [0, 0.1) is 6.92 Å². The van der Waals surface area contributed by atoms with Crippen molar-refractivity contribution in [3.63, 3.8) is 0 Å².